The average molecular weight is 353 g/mol. The fourth-order valence-corrected chi connectivity index (χ4v) is 3.45. The highest BCUT2D eigenvalue weighted by atomic mass is 32.2. The summed E-state index contributed by atoms with van der Waals surface area (Å²) in [7, 11) is -2.16. The summed E-state index contributed by atoms with van der Waals surface area (Å²) in [6, 6.07) is 5.82. The molecule has 2 rings (SSSR count). The quantitative estimate of drug-likeness (QED) is 0.715. The van der Waals surface area contributed by atoms with Crippen molar-refractivity contribution in [2.24, 2.45) is 5.92 Å². The van der Waals surface area contributed by atoms with E-state index in [1.165, 1.54) is 37.7 Å². The number of anilines is 1. The van der Waals surface area contributed by atoms with Crippen LogP contribution in [0.2, 0.25) is 0 Å². The third-order valence-electron chi connectivity index (χ3n) is 4.12. The van der Waals surface area contributed by atoms with Crippen LogP contribution >= 0.6 is 0 Å². The summed E-state index contributed by atoms with van der Waals surface area (Å²) < 4.78 is 25.5. The lowest BCUT2D eigenvalue weighted by Gasteiger charge is -2.20. The number of sulfonamides is 1. The van der Waals surface area contributed by atoms with Gasteiger partial charge in [-0.2, -0.15) is 0 Å². The number of carbonyl (C=O) groups excluding carboxylic acids is 2. The molecule has 1 saturated carbocycles. The number of nitrogens with one attached hydrogen (secondary N) is 3. The van der Waals surface area contributed by atoms with Crippen molar-refractivity contribution in [3.63, 3.8) is 0 Å². The molecular formula is C16H23N3O4S. The van der Waals surface area contributed by atoms with Crippen LogP contribution in [-0.2, 0) is 19.6 Å². The molecule has 1 aliphatic carbocycles. The number of benzene rings is 1. The molecule has 1 aliphatic rings. The first-order valence-electron chi connectivity index (χ1n) is 8.03. The monoisotopic (exact) mass is 353 g/mol. The fraction of sp³-hybridized carbons (Fsp3) is 0.500. The predicted octanol–water partition coefficient (Wildman–Crippen LogP) is 1.23. The molecule has 2 amide bonds. The Morgan fingerprint density at radius 3 is 2.29 bits per heavy atom. The van der Waals surface area contributed by atoms with Crippen molar-refractivity contribution in [2.45, 2.75) is 37.0 Å². The van der Waals surface area contributed by atoms with Crippen LogP contribution in [0.4, 0.5) is 5.69 Å². The molecule has 1 fully saturated rings. The van der Waals surface area contributed by atoms with Gasteiger partial charge in [0.1, 0.15) is 0 Å². The third kappa shape index (κ3) is 5.04. The smallest absolute Gasteiger partial charge is 0.243 e. The van der Waals surface area contributed by atoms with E-state index in [2.05, 4.69) is 15.4 Å². The van der Waals surface area contributed by atoms with Crippen molar-refractivity contribution in [2.75, 3.05) is 18.9 Å². The largest absolute Gasteiger partial charge is 0.347 e. The van der Waals surface area contributed by atoms with Gasteiger partial charge in [0.05, 0.1) is 11.4 Å². The van der Waals surface area contributed by atoms with E-state index in [0.717, 1.165) is 25.7 Å². The van der Waals surface area contributed by atoms with E-state index in [-0.39, 0.29) is 29.2 Å². The average Bonchev–Trinajstić information content (AvgIpc) is 2.61. The minimum atomic E-state index is -3.50. The van der Waals surface area contributed by atoms with Crippen LogP contribution in [0.15, 0.2) is 29.2 Å². The van der Waals surface area contributed by atoms with Crippen LogP contribution in [0.5, 0.6) is 0 Å². The van der Waals surface area contributed by atoms with Crippen LogP contribution in [0.25, 0.3) is 0 Å². The highest BCUT2D eigenvalue weighted by Gasteiger charge is 2.21. The Bertz CT molecular complexity index is 680. The summed E-state index contributed by atoms with van der Waals surface area (Å²) in [5.41, 5.74) is 0.474. The van der Waals surface area contributed by atoms with Crippen LogP contribution in [0.3, 0.4) is 0 Å². The zero-order chi connectivity index (χ0) is 17.6. The topological polar surface area (TPSA) is 104 Å². The molecule has 0 atom stereocenters. The van der Waals surface area contributed by atoms with E-state index in [9.17, 15) is 18.0 Å². The number of rotatable bonds is 6. The van der Waals surface area contributed by atoms with Crippen LogP contribution in [0, 0.1) is 5.92 Å². The molecular weight excluding hydrogens is 330 g/mol. The van der Waals surface area contributed by atoms with Gasteiger partial charge in [0.2, 0.25) is 21.8 Å². The summed E-state index contributed by atoms with van der Waals surface area (Å²) in [5, 5.41) is 5.29. The summed E-state index contributed by atoms with van der Waals surface area (Å²) in [6.45, 7) is -0.0914. The van der Waals surface area contributed by atoms with Crippen LogP contribution in [-0.4, -0.2) is 33.8 Å². The van der Waals surface area contributed by atoms with Crippen molar-refractivity contribution in [1.82, 2.24) is 10.0 Å². The Morgan fingerprint density at radius 1 is 1.08 bits per heavy atom. The lowest BCUT2D eigenvalue weighted by Crippen LogP contribution is -2.37. The molecule has 7 nitrogen and oxygen atoms in total. The Labute approximate surface area is 142 Å². The van der Waals surface area contributed by atoms with E-state index < -0.39 is 10.0 Å². The minimum absolute atomic E-state index is 0.0117. The van der Waals surface area contributed by atoms with E-state index in [1.807, 2.05) is 0 Å². The van der Waals surface area contributed by atoms with Crippen molar-refractivity contribution in [3.05, 3.63) is 24.3 Å². The van der Waals surface area contributed by atoms with Crippen molar-refractivity contribution in [3.8, 4) is 0 Å². The molecule has 0 saturated heterocycles. The van der Waals surface area contributed by atoms with Gasteiger partial charge in [-0.25, -0.2) is 13.1 Å². The standard InChI is InChI=1S/C16H23N3O4S/c1-17-24(22,23)14-9-7-13(8-10-14)19-15(20)11-18-16(21)12-5-3-2-4-6-12/h7-10,12,17H,2-6,11H2,1H3,(H,18,21)(H,19,20). The lowest BCUT2D eigenvalue weighted by atomic mass is 9.89. The highest BCUT2D eigenvalue weighted by Crippen LogP contribution is 2.23. The molecule has 1 aromatic rings. The molecule has 0 spiro atoms. The van der Waals surface area contributed by atoms with Gasteiger partial charge in [0.15, 0.2) is 0 Å². The SMILES string of the molecule is CNS(=O)(=O)c1ccc(NC(=O)CNC(=O)C2CCCCC2)cc1. The van der Waals surface area contributed by atoms with E-state index >= 15 is 0 Å². The molecule has 8 heteroatoms. The molecule has 0 bridgehead atoms. The maximum atomic E-state index is 12.0. The second-order valence-corrected chi connectivity index (χ2v) is 7.72. The van der Waals surface area contributed by atoms with Gasteiger partial charge in [-0.05, 0) is 44.2 Å². The van der Waals surface area contributed by atoms with E-state index in [4.69, 9.17) is 0 Å². The zero-order valence-corrected chi connectivity index (χ0v) is 14.5. The maximum Gasteiger partial charge on any atom is 0.243 e. The number of hydrogen-bond acceptors (Lipinski definition) is 4. The summed E-state index contributed by atoms with van der Waals surface area (Å²) in [5.74, 6) is -0.402. The number of amides is 2. The lowest BCUT2D eigenvalue weighted by molar-refractivity contribution is -0.128. The molecule has 0 heterocycles. The molecule has 132 valence electrons. The molecule has 0 aliphatic heterocycles. The molecule has 0 radical (unpaired) electrons. The fourth-order valence-electron chi connectivity index (χ4n) is 2.72. The molecule has 3 N–H and O–H groups in total. The van der Waals surface area contributed by atoms with Gasteiger partial charge in [-0.1, -0.05) is 19.3 Å². The number of carbonyl (C=O) groups is 2. The van der Waals surface area contributed by atoms with Crippen molar-refractivity contribution < 1.29 is 18.0 Å². The first kappa shape index (κ1) is 18.4. The zero-order valence-electron chi connectivity index (χ0n) is 13.7. The van der Waals surface area contributed by atoms with Gasteiger partial charge in [0.25, 0.3) is 0 Å². The van der Waals surface area contributed by atoms with Gasteiger partial charge >= 0.3 is 0 Å². The highest BCUT2D eigenvalue weighted by molar-refractivity contribution is 7.89. The summed E-state index contributed by atoms with van der Waals surface area (Å²) >= 11 is 0. The first-order valence-corrected chi connectivity index (χ1v) is 9.52. The molecule has 24 heavy (non-hydrogen) atoms. The van der Waals surface area contributed by atoms with Crippen molar-refractivity contribution >= 4 is 27.5 Å². The summed E-state index contributed by atoms with van der Waals surface area (Å²) in [4.78, 5) is 24.0. The second-order valence-electron chi connectivity index (χ2n) is 5.83. The first-order chi connectivity index (χ1) is 11.4. The minimum Gasteiger partial charge on any atom is -0.347 e. The summed E-state index contributed by atoms with van der Waals surface area (Å²) in [6.07, 6.45) is 5.06. The van der Waals surface area contributed by atoms with Crippen molar-refractivity contribution in [1.29, 1.82) is 0 Å². The van der Waals surface area contributed by atoms with E-state index in [1.54, 1.807) is 0 Å². The van der Waals surface area contributed by atoms with Gasteiger partial charge < -0.3 is 10.6 Å². The van der Waals surface area contributed by atoms with Gasteiger partial charge in [-0.3, -0.25) is 9.59 Å². The normalized spacial score (nSPS) is 15.7. The number of hydrogen-bond donors (Lipinski definition) is 3. The molecule has 1 aromatic carbocycles. The Morgan fingerprint density at radius 2 is 1.71 bits per heavy atom. The Kier molecular flexibility index (Phi) is 6.33. The Balaban J connectivity index is 1.83. The van der Waals surface area contributed by atoms with E-state index in [0.29, 0.717) is 5.69 Å². The molecule has 0 aromatic heterocycles. The molecule has 0 unspecified atom stereocenters. The van der Waals surface area contributed by atoms with Gasteiger partial charge in [-0.15, -0.1) is 0 Å². The Hall–Kier alpha value is -1.93. The van der Waals surface area contributed by atoms with Crippen LogP contribution in [0.1, 0.15) is 32.1 Å². The maximum absolute atomic E-state index is 12.0. The second kappa shape index (κ2) is 8.25. The van der Waals surface area contributed by atoms with Crippen LogP contribution < -0.4 is 15.4 Å². The van der Waals surface area contributed by atoms with Gasteiger partial charge in [0, 0.05) is 11.6 Å². The third-order valence-corrected chi connectivity index (χ3v) is 5.55. The predicted molar refractivity (Wildman–Crippen MR) is 90.9 cm³/mol.